The van der Waals surface area contributed by atoms with Crippen LogP contribution in [0.4, 0.5) is 4.79 Å². The molecule has 2 N–H and O–H groups in total. The first-order valence-electron chi connectivity index (χ1n) is 8.78. The SMILES string of the molecule is Cc1cc(C)n(C[C@@H](C)CNC(=O)NC[C@@H]2Cc3ccccc3O2)n1. The van der Waals surface area contributed by atoms with Crippen LogP contribution in [-0.4, -0.2) is 35.0 Å². The van der Waals surface area contributed by atoms with Crippen LogP contribution in [0.5, 0.6) is 5.75 Å². The van der Waals surface area contributed by atoms with Gasteiger partial charge >= 0.3 is 6.03 Å². The molecule has 1 aliphatic rings. The number of amides is 2. The molecule has 1 aromatic heterocycles. The lowest BCUT2D eigenvalue weighted by Crippen LogP contribution is -2.42. The second kappa shape index (κ2) is 7.59. The zero-order valence-corrected chi connectivity index (χ0v) is 15.1. The molecule has 2 heterocycles. The summed E-state index contributed by atoms with van der Waals surface area (Å²) in [4.78, 5) is 12.0. The van der Waals surface area contributed by atoms with Crippen LogP contribution in [-0.2, 0) is 13.0 Å². The standard InChI is InChI=1S/C19H26N4O2/c1-13(12-23-15(3)8-14(2)22-23)10-20-19(24)21-11-17-9-16-6-4-5-7-18(16)25-17/h4-8,13,17H,9-12H2,1-3H3,(H2,20,21,24)/t13-,17-/m0/s1. The number of aryl methyl sites for hydroxylation is 2. The first kappa shape index (κ1) is 17.3. The number of benzene rings is 1. The van der Waals surface area contributed by atoms with Crippen molar-refractivity contribution < 1.29 is 9.53 Å². The highest BCUT2D eigenvalue weighted by Crippen LogP contribution is 2.27. The summed E-state index contributed by atoms with van der Waals surface area (Å²) in [5, 5.41) is 10.3. The summed E-state index contributed by atoms with van der Waals surface area (Å²) in [7, 11) is 0. The first-order valence-corrected chi connectivity index (χ1v) is 8.78. The van der Waals surface area contributed by atoms with Gasteiger partial charge in [-0.1, -0.05) is 25.1 Å². The maximum atomic E-state index is 12.0. The summed E-state index contributed by atoms with van der Waals surface area (Å²) in [5.74, 6) is 1.23. The molecule has 134 valence electrons. The molecule has 0 bridgehead atoms. The van der Waals surface area contributed by atoms with Crippen LogP contribution in [0.3, 0.4) is 0 Å². The van der Waals surface area contributed by atoms with E-state index < -0.39 is 0 Å². The van der Waals surface area contributed by atoms with E-state index in [4.69, 9.17) is 4.74 Å². The summed E-state index contributed by atoms with van der Waals surface area (Å²) in [6, 6.07) is 9.92. The lowest BCUT2D eigenvalue weighted by molar-refractivity contribution is 0.213. The second-order valence-electron chi connectivity index (χ2n) is 6.86. The molecular formula is C19H26N4O2. The molecule has 6 nitrogen and oxygen atoms in total. The molecule has 0 unspecified atom stereocenters. The summed E-state index contributed by atoms with van der Waals surface area (Å²) in [5.41, 5.74) is 3.37. The molecule has 2 aromatic rings. The highest BCUT2D eigenvalue weighted by molar-refractivity contribution is 5.73. The van der Waals surface area contributed by atoms with Gasteiger partial charge in [0.05, 0.1) is 12.2 Å². The number of aromatic nitrogens is 2. The number of rotatable bonds is 6. The summed E-state index contributed by atoms with van der Waals surface area (Å²) in [6.45, 7) is 8.05. The van der Waals surface area contributed by atoms with Gasteiger partial charge < -0.3 is 15.4 Å². The van der Waals surface area contributed by atoms with E-state index in [1.807, 2.05) is 36.7 Å². The molecule has 1 aromatic carbocycles. The van der Waals surface area contributed by atoms with Gasteiger partial charge in [-0.05, 0) is 37.5 Å². The Morgan fingerprint density at radius 1 is 1.36 bits per heavy atom. The van der Waals surface area contributed by atoms with E-state index >= 15 is 0 Å². The highest BCUT2D eigenvalue weighted by atomic mass is 16.5. The van der Waals surface area contributed by atoms with E-state index in [1.54, 1.807) is 0 Å². The third-order valence-corrected chi connectivity index (χ3v) is 4.40. The van der Waals surface area contributed by atoms with Crippen molar-refractivity contribution in [3.63, 3.8) is 0 Å². The maximum Gasteiger partial charge on any atom is 0.314 e. The van der Waals surface area contributed by atoms with Gasteiger partial charge in [0.15, 0.2) is 0 Å². The number of hydrogen-bond donors (Lipinski definition) is 2. The van der Waals surface area contributed by atoms with Crippen molar-refractivity contribution in [2.24, 2.45) is 5.92 Å². The third kappa shape index (κ3) is 4.53. The van der Waals surface area contributed by atoms with Gasteiger partial charge in [-0.15, -0.1) is 0 Å². The van der Waals surface area contributed by atoms with Crippen molar-refractivity contribution in [3.8, 4) is 5.75 Å². The van der Waals surface area contributed by atoms with E-state index in [9.17, 15) is 4.79 Å². The van der Waals surface area contributed by atoms with Gasteiger partial charge in [0.2, 0.25) is 0 Å². The van der Waals surface area contributed by atoms with Gasteiger partial charge in [-0.2, -0.15) is 5.10 Å². The Balaban J connectivity index is 1.36. The second-order valence-corrected chi connectivity index (χ2v) is 6.86. The molecular weight excluding hydrogens is 316 g/mol. The number of urea groups is 1. The number of fused-ring (bicyclic) bond motifs is 1. The Hall–Kier alpha value is -2.50. The molecule has 2 amide bonds. The number of carbonyl (C=O) groups is 1. The summed E-state index contributed by atoms with van der Waals surface area (Å²) >= 11 is 0. The average Bonchev–Trinajstić information content (AvgIpc) is 3.13. The van der Waals surface area contributed by atoms with E-state index in [1.165, 1.54) is 5.56 Å². The van der Waals surface area contributed by atoms with Crippen LogP contribution in [0, 0.1) is 19.8 Å². The summed E-state index contributed by atoms with van der Waals surface area (Å²) in [6.07, 6.45) is 0.848. The molecule has 0 saturated carbocycles. The fraction of sp³-hybridized carbons (Fsp3) is 0.474. The topological polar surface area (TPSA) is 68.2 Å². The Kier molecular flexibility index (Phi) is 5.26. The molecule has 6 heteroatoms. The van der Waals surface area contributed by atoms with E-state index in [2.05, 4.69) is 34.8 Å². The maximum absolute atomic E-state index is 12.0. The Bertz CT molecular complexity index is 716. The predicted octanol–water partition coefficient (Wildman–Crippen LogP) is 2.44. The minimum absolute atomic E-state index is 0.00951. The fourth-order valence-corrected chi connectivity index (χ4v) is 3.12. The minimum atomic E-state index is -0.153. The lowest BCUT2D eigenvalue weighted by atomic mass is 10.1. The van der Waals surface area contributed by atoms with Gasteiger partial charge in [0.1, 0.15) is 11.9 Å². The zero-order chi connectivity index (χ0) is 17.8. The smallest absolute Gasteiger partial charge is 0.314 e. The van der Waals surface area contributed by atoms with Gasteiger partial charge in [0.25, 0.3) is 0 Å². The first-order chi connectivity index (χ1) is 12.0. The van der Waals surface area contributed by atoms with Crippen molar-refractivity contribution in [2.45, 2.75) is 39.8 Å². The fourth-order valence-electron chi connectivity index (χ4n) is 3.12. The lowest BCUT2D eigenvalue weighted by Gasteiger charge is -2.16. The van der Waals surface area contributed by atoms with Gasteiger partial charge in [-0.3, -0.25) is 4.68 Å². The Morgan fingerprint density at radius 3 is 2.88 bits per heavy atom. The number of ether oxygens (including phenoxy) is 1. The number of carbonyl (C=O) groups excluding carboxylic acids is 1. The third-order valence-electron chi connectivity index (χ3n) is 4.40. The van der Waals surface area contributed by atoms with Crippen LogP contribution < -0.4 is 15.4 Å². The van der Waals surface area contributed by atoms with E-state index in [-0.39, 0.29) is 12.1 Å². The Labute approximate surface area is 148 Å². The predicted molar refractivity (Wildman–Crippen MR) is 96.8 cm³/mol. The molecule has 0 spiro atoms. The number of nitrogens with one attached hydrogen (secondary N) is 2. The van der Waals surface area contributed by atoms with Crippen molar-refractivity contribution in [2.75, 3.05) is 13.1 Å². The molecule has 25 heavy (non-hydrogen) atoms. The van der Waals surface area contributed by atoms with Crippen molar-refractivity contribution >= 4 is 6.03 Å². The monoisotopic (exact) mass is 342 g/mol. The normalized spacial score (nSPS) is 16.8. The number of para-hydroxylation sites is 1. The summed E-state index contributed by atoms with van der Waals surface area (Å²) < 4.78 is 7.81. The molecule has 0 saturated heterocycles. The molecule has 1 aliphatic heterocycles. The van der Waals surface area contributed by atoms with Crippen LogP contribution in [0.2, 0.25) is 0 Å². The van der Waals surface area contributed by atoms with E-state index in [0.717, 1.165) is 30.1 Å². The molecule has 2 atom stereocenters. The number of hydrogen-bond acceptors (Lipinski definition) is 3. The molecule has 3 rings (SSSR count). The van der Waals surface area contributed by atoms with Crippen molar-refractivity contribution in [1.29, 1.82) is 0 Å². The zero-order valence-electron chi connectivity index (χ0n) is 15.1. The van der Waals surface area contributed by atoms with Crippen LogP contribution >= 0.6 is 0 Å². The van der Waals surface area contributed by atoms with Gasteiger partial charge in [0, 0.05) is 25.2 Å². The largest absolute Gasteiger partial charge is 0.488 e. The van der Waals surface area contributed by atoms with E-state index in [0.29, 0.717) is 19.0 Å². The minimum Gasteiger partial charge on any atom is -0.488 e. The highest BCUT2D eigenvalue weighted by Gasteiger charge is 2.22. The average molecular weight is 342 g/mol. The quantitative estimate of drug-likeness (QED) is 0.847. The van der Waals surface area contributed by atoms with Crippen molar-refractivity contribution in [1.82, 2.24) is 20.4 Å². The molecule has 0 aliphatic carbocycles. The van der Waals surface area contributed by atoms with Crippen molar-refractivity contribution in [3.05, 3.63) is 47.3 Å². The van der Waals surface area contributed by atoms with Crippen LogP contribution in [0.1, 0.15) is 23.9 Å². The Morgan fingerprint density at radius 2 is 2.16 bits per heavy atom. The van der Waals surface area contributed by atoms with Crippen LogP contribution in [0.25, 0.3) is 0 Å². The molecule has 0 radical (unpaired) electrons. The molecule has 0 fully saturated rings. The van der Waals surface area contributed by atoms with Crippen LogP contribution in [0.15, 0.2) is 30.3 Å². The van der Waals surface area contributed by atoms with Gasteiger partial charge in [-0.25, -0.2) is 4.79 Å². The number of nitrogens with zero attached hydrogens (tertiary/aromatic N) is 2.